The fraction of sp³-hybridized carbons (Fsp3) is 0.400. The molecule has 0 aliphatic rings. The first-order chi connectivity index (χ1) is 6.07. The molecule has 0 unspecified atom stereocenters. The second kappa shape index (κ2) is 3.75. The van der Waals surface area contributed by atoms with E-state index in [4.69, 9.17) is 11.8 Å². The minimum absolute atomic E-state index is 0.125. The lowest BCUT2D eigenvalue weighted by Gasteiger charge is -1.96. The highest BCUT2D eigenvalue weighted by Gasteiger charge is 2.15. The molecule has 0 amide bonds. The van der Waals surface area contributed by atoms with Gasteiger partial charge in [-0.3, -0.25) is 4.79 Å². The largest absolute Gasteiger partial charge is 0.449 e. The van der Waals surface area contributed by atoms with Crippen LogP contribution in [0.3, 0.4) is 0 Å². The van der Waals surface area contributed by atoms with Crippen molar-refractivity contribution in [3.8, 4) is 0 Å². The van der Waals surface area contributed by atoms with Crippen molar-refractivity contribution in [1.82, 2.24) is 8.04 Å². The van der Waals surface area contributed by atoms with E-state index in [0.29, 0.717) is 19.6 Å². The fourth-order valence-electron chi connectivity index (χ4n) is 0.608. The summed E-state index contributed by atoms with van der Waals surface area (Å²) in [5.74, 6) is 0. The molecule has 0 spiro atoms. The van der Waals surface area contributed by atoms with E-state index in [2.05, 4.69) is 4.74 Å². The molecular weight excluding hydrogens is 220 g/mol. The predicted octanol–water partition coefficient (Wildman–Crippen LogP) is 0.0780. The van der Waals surface area contributed by atoms with Crippen molar-refractivity contribution in [3.63, 3.8) is 0 Å². The predicted molar refractivity (Wildman–Crippen MR) is 46.5 cm³/mol. The Morgan fingerprint density at radius 2 is 2.23 bits per heavy atom. The smallest absolute Gasteiger partial charge is 0.432 e. The zero-order chi connectivity index (χ0) is 10.0. The van der Waals surface area contributed by atoms with Gasteiger partial charge in [-0.1, -0.05) is 0 Å². The minimum Gasteiger partial charge on any atom is -0.449 e. The van der Waals surface area contributed by atoms with Crippen LogP contribution in [0.4, 0.5) is 4.79 Å². The van der Waals surface area contributed by atoms with Crippen LogP contribution in [0.5, 0.6) is 0 Å². The number of ether oxygens (including phenoxy) is 1. The summed E-state index contributed by atoms with van der Waals surface area (Å²) in [6.07, 6.45) is -0.894. The lowest BCUT2D eigenvalue weighted by molar-refractivity contribution is 0.155. The van der Waals surface area contributed by atoms with E-state index in [1.54, 1.807) is 6.92 Å². The molecule has 1 aromatic rings. The number of hydrogen-bond donors (Lipinski definition) is 0. The first-order valence-electron chi connectivity index (χ1n) is 3.26. The van der Waals surface area contributed by atoms with Crippen molar-refractivity contribution in [3.05, 3.63) is 20.2 Å². The molecule has 0 radical (unpaired) electrons. The van der Waals surface area contributed by atoms with Crippen LogP contribution in [0.25, 0.3) is 0 Å². The molecule has 0 aliphatic heterocycles. The van der Waals surface area contributed by atoms with Crippen LogP contribution in [0.15, 0.2) is 9.59 Å². The Labute approximate surface area is 81.2 Å². The lowest BCUT2D eigenvalue weighted by atomic mass is 10.9. The maximum Gasteiger partial charge on any atom is 0.432 e. The van der Waals surface area contributed by atoms with Gasteiger partial charge in [0.1, 0.15) is 0 Å². The Morgan fingerprint density at radius 3 is 2.62 bits per heavy atom. The van der Waals surface area contributed by atoms with Gasteiger partial charge >= 0.3 is 16.7 Å². The van der Waals surface area contributed by atoms with Crippen LogP contribution >= 0.6 is 23.3 Å². The molecule has 72 valence electrons. The van der Waals surface area contributed by atoms with E-state index < -0.39 is 16.7 Å². The Balaban J connectivity index is 3.17. The summed E-state index contributed by atoms with van der Waals surface area (Å²) in [6.45, 7) is 1.71. The first-order valence-corrected chi connectivity index (χ1v) is 4.37. The average Bonchev–Trinajstić information content (AvgIpc) is 2.33. The zero-order valence-electron chi connectivity index (χ0n) is 6.52. The van der Waals surface area contributed by atoms with Gasteiger partial charge in [0.15, 0.2) is 0 Å². The van der Waals surface area contributed by atoms with Crippen LogP contribution < -0.4 is 10.6 Å². The van der Waals surface area contributed by atoms with Crippen LogP contribution in [0.2, 0.25) is 0 Å². The second-order valence-electron chi connectivity index (χ2n) is 1.91. The molecule has 0 saturated carbocycles. The number of aromatic nitrogens is 2. The molecule has 0 atom stereocenters. The highest BCUT2D eigenvalue weighted by Crippen LogP contribution is 1.90. The molecule has 1 heterocycles. The summed E-state index contributed by atoms with van der Waals surface area (Å²) in [7, 11) is 0. The Hall–Kier alpha value is -1.08. The average molecular weight is 225 g/mol. The lowest BCUT2D eigenvalue weighted by Crippen LogP contribution is -2.27. The molecule has 0 aromatic carbocycles. The summed E-state index contributed by atoms with van der Waals surface area (Å²) in [4.78, 5) is 32.0. The van der Waals surface area contributed by atoms with Gasteiger partial charge in [-0.15, -0.1) is 3.96 Å². The normalized spacial score (nSPS) is 10.0. The third kappa shape index (κ3) is 1.81. The van der Waals surface area contributed by atoms with Crippen LogP contribution in [-0.2, 0) is 4.74 Å². The molecule has 1 aromatic heterocycles. The van der Waals surface area contributed by atoms with Gasteiger partial charge in [0, 0.05) is 23.3 Å². The third-order valence-corrected chi connectivity index (χ3v) is 2.33. The fourth-order valence-corrected chi connectivity index (χ4v) is 1.41. The number of carbonyl (C=O) groups excluding carboxylic acids is 1. The number of halogens is 1. The van der Waals surface area contributed by atoms with Gasteiger partial charge in [-0.25, -0.2) is 9.59 Å². The molecule has 13 heavy (non-hydrogen) atoms. The summed E-state index contributed by atoms with van der Waals surface area (Å²) >= 11 is 5.61. The van der Waals surface area contributed by atoms with Crippen LogP contribution in [0, 0.1) is 0 Å². The third-order valence-electron chi connectivity index (χ3n) is 1.10. The van der Waals surface area contributed by atoms with Crippen LogP contribution in [-0.4, -0.2) is 20.7 Å². The van der Waals surface area contributed by atoms with Gasteiger partial charge in [0.25, 0.3) is 0 Å². The number of hydrogen-bond acceptors (Lipinski definition) is 5. The van der Waals surface area contributed by atoms with Gasteiger partial charge in [0.05, 0.1) is 6.61 Å². The van der Waals surface area contributed by atoms with E-state index in [1.165, 1.54) is 0 Å². The van der Waals surface area contributed by atoms with Gasteiger partial charge in [0.2, 0.25) is 0 Å². The van der Waals surface area contributed by atoms with E-state index in [0.717, 1.165) is 0 Å². The molecular formula is C5H5ClN2O4S. The standard InChI is InChI=1S/C5H5ClN2O4S/c1-2-12-4(10)8-3(9)7(6)5(11)13-8/h2H2,1H3. The number of nitrogens with zero attached hydrogens (tertiary/aromatic N) is 2. The summed E-state index contributed by atoms with van der Waals surface area (Å²) in [5, 5.41) is 0. The van der Waals surface area contributed by atoms with Gasteiger partial charge in [-0.2, -0.15) is 4.09 Å². The van der Waals surface area contributed by atoms with Gasteiger partial charge in [-0.05, 0) is 6.92 Å². The van der Waals surface area contributed by atoms with Crippen molar-refractivity contribution < 1.29 is 9.53 Å². The number of carbonyl (C=O) groups is 1. The molecule has 0 saturated heterocycles. The van der Waals surface area contributed by atoms with E-state index in [-0.39, 0.29) is 6.61 Å². The van der Waals surface area contributed by atoms with Crippen molar-refractivity contribution in [2.24, 2.45) is 0 Å². The first kappa shape index (κ1) is 10.0. The Bertz CT molecular complexity index is 430. The van der Waals surface area contributed by atoms with Crippen LogP contribution in [0.1, 0.15) is 6.92 Å². The van der Waals surface area contributed by atoms with Crippen molar-refractivity contribution >= 4 is 29.4 Å². The van der Waals surface area contributed by atoms with E-state index in [1.807, 2.05) is 0 Å². The highest BCUT2D eigenvalue weighted by molar-refractivity contribution is 7.04. The summed E-state index contributed by atoms with van der Waals surface area (Å²) < 4.78 is 5.38. The molecule has 8 heteroatoms. The number of rotatable bonds is 1. The maximum absolute atomic E-state index is 11.0. The van der Waals surface area contributed by atoms with E-state index >= 15 is 0 Å². The Kier molecular flexibility index (Phi) is 2.89. The van der Waals surface area contributed by atoms with Gasteiger partial charge < -0.3 is 4.74 Å². The van der Waals surface area contributed by atoms with Crippen molar-refractivity contribution in [2.75, 3.05) is 6.61 Å². The zero-order valence-corrected chi connectivity index (χ0v) is 8.09. The minimum atomic E-state index is -0.907. The van der Waals surface area contributed by atoms with Crippen molar-refractivity contribution in [1.29, 1.82) is 0 Å². The molecule has 0 fully saturated rings. The maximum atomic E-state index is 11.0. The molecule has 0 bridgehead atoms. The topological polar surface area (TPSA) is 70.3 Å². The van der Waals surface area contributed by atoms with Crippen molar-refractivity contribution in [2.45, 2.75) is 6.92 Å². The highest BCUT2D eigenvalue weighted by atomic mass is 35.5. The molecule has 0 aliphatic carbocycles. The Morgan fingerprint density at radius 1 is 1.62 bits per heavy atom. The monoisotopic (exact) mass is 224 g/mol. The molecule has 1 rings (SSSR count). The second-order valence-corrected chi connectivity index (χ2v) is 3.15. The summed E-state index contributed by atoms with van der Waals surface area (Å²) in [5.41, 5.74) is -0.907. The summed E-state index contributed by atoms with van der Waals surface area (Å²) in [6, 6.07) is 0. The molecule has 0 N–H and O–H groups in total. The SMILES string of the molecule is CCOC(=O)n1sc(=O)n(Cl)c1=O. The van der Waals surface area contributed by atoms with E-state index in [9.17, 15) is 14.4 Å². The quantitative estimate of drug-likeness (QED) is 0.677. The molecule has 6 nitrogen and oxygen atoms in total.